The Bertz CT molecular complexity index is 97.1. The average Bonchev–Trinajstić information content (AvgIpc) is 1.90. The fourth-order valence-corrected chi connectivity index (χ4v) is 1.36. The first-order chi connectivity index (χ1) is 4.26. The highest BCUT2D eigenvalue weighted by atomic mass is 31.0. The molecule has 0 N–H and O–H groups in total. The molecule has 54 valence electrons. The van der Waals surface area contributed by atoms with Crippen LogP contribution in [0.1, 0.15) is 40.0 Å². The van der Waals surface area contributed by atoms with E-state index in [0.29, 0.717) is 0 Å². The molecule has 1 unspecified atom stereocenters. The van der Waals surface area contributed by atoms with E-state index < -0.39 is 0 Å². The van der Waals surface area contributed by atoms with Crippen LogP contribution >= 0.6 is 9.24 Å². The summed E-state index contributed by atoms with van der Waals surface area (Å²) in [4.78, 5) is 0. The molecule has 0 radical (unpaired) electrons. The monoisotopic (exact) mass is 144 g/mol. The summed E-state index contributed by atoms with van der Waals surface area (Å²) in [5.74, 6) is 0. The maximum absolute atomic E-state index is 2.82. The minimum atomic E-state index is 1.18. The topological polar surface area (TPSA) is 0 Å². The van der Waals surface area contributed by atoms with Crippen LogP contribution in [0.2, 0.25) is 0 Å². The fourth-order valence-electron chi connectivity index (χ4n) is 0.954. The minimum absolute atomic E-state index is 1.18. The Hall–Kier alpha value is 0.170. The second-order valence-electron chi connectivity index (χ2n) is 2.19. The van der Waals surface area contributed by atoms with Gasteiger partial charge in [0.1, 0.15) is 0 Å². The molecule has 0 aromatic rings. The molecule has 0 spiro atoms. The van der Waals surface area contributed by atoms with Gasteiger partial charge in [-0.25, -0.2) is 0 Å². The van der Waals surface area contributed by atoms with Crippen molar-refractivity contribution < 1.29 is 0 Å². The molecule has 0 aliphatic rings. The first-order valence-electron chi connectivity index (χ1n) is 3.72. The Morgan fingerprint density at radius 1 is 1.00 bits per heavy atom. The standard InChI is InChI=1S/C8H17P/c1-4-7(5-2)8(9)6-3/h4-6,9H2,1-3H3. The van der Waals surface area contributed by atoms with E-state index in [9.17, 15) is 0 Å². The van der Waals surface area contributed by atoms with Gasteiger partial charge in [0.25, 0.3) is 0 Å². The van der Waals surface area contributed by atoms with Gasteiger partial charge in [0, 0.05) is 0 Å². The van der Waals surface area contributed by atoms with Crippen molar-refractivity contribution >= 4 is 9.24 Å². The van der Waals surface area contributed by atoms with Gasteiger partial charge in [0.05, 0.1) is 0 Å². The highest BCUT2D eigenvalue weighted by Crippen LogP contribution is 2.20. The Morgan fingerprint density at radius 2 is 1.44 bits per heavy atom. The SMILES string of the molecule is CCC(P)=C(CC)CC. The van der Waals surface area contributed by atoms with Crippen molar-refractivity contribution in [1.29, 1.82) is 0 Å². The van der Waals surface area contributed by atoms with Gasteiger partial charge in [-0.1, -0.05) is 31.7 Å². The number of allylic oxidation sites excluding steroid dienone is 2. The molecule has 0 heterocycles. The molecule has 0 saturated carbocycles. The predicted octanol–water partition coefficient (Wildman–Crippen LogP) is 3.35. The van der Waals surface area contributed by atoms with Gasteiger partial charge in [-0.05, 0) is 19.3 Å². The summed E-state index contributed by atoms with van der Waals surface area (Å²) in [6.45, 7) is 6.64. The molecule has 0 bridgehead atoms. The smallest absolute Gasteiger partial charge is 0.0309 e. The molecular formula is C8H17P. The molecule has 0 aliphatic heterocycles. The molecule has 9 heavy (non-hydrogen) atoms. The highest BCUT2D eigenvalue weighted by Gasteiger charge is 1.93. The van der Waals surface area contributed by atoms with E-state index >= 15 is 0 Å². The van der Waals surface area contributed by atoms with Crippen molar-refractivity contribution in [3.63, 3.8) is 0 Å². The van der Waals surface area contributed by atoms with Crippen molar-refractivity contribution in [2.24, 2.45) is 0 Å². The Balaban J connectivity index is 4.01. The van der Waals surface area contributed by atoms with Crippen LogP contribution in [0.4, 0.5) is 0 Å². The minimum Gasteiger partial charge on any atom is -0.110 e. The Labute approximate surface area is 60.9 Å². The van der Waals surface area contributed by atoms with E-state index in [0.717, 1.165) is 0 Å². The summed E-state index contributed by atoms with van der Waals surface area (Å²) in [6.07, 6.45) is 3.61. The number of rotatable bonds is 3. The third-order valence-electron chi connectivity index (χ3n) is 1.69. The van der Waals surface area contributed by atoms with Gasteiger partial charge in [-0.2, -0.15) is 0 Å². The lowest BCUT2D eigenvalue weighted by molar-refractivity contribution is 0.946. The Kier molecular flexibility index (Phi) is 5.09. The average molecular weight is 144 g/mol. The number of hydrogen-bond acceptors (Lipinski definition) is 0. The fraction of sp³-hybridized carbons (Fsp3) is 0.750. The normalized spacial score (nSPS) is 9.33. The van der Waals surface area contributed by atoms with Crippen LogP contribution in [0.25, 0.3) is 0 Å². The number of hydrogen-bond donors (Lipinski definition) is 0. The zero-order valence-corrected chi connectivity index (χ0v) is 7.85. The summed E-state index contributed by atoms with van der Waals surface area (Å²) in [5, 5.41) is 1.50. The third-order valence-corrected chi connectivity index (χ3v) is 2.51. The quantitative estimate of drug-likeness (QED) is 0.533. The molecule has 0 nitrogen and oxygen atoms in total. The van der Waals surface area contributed by atoms with Gasteiger partial charge in [-0.3, -0.25) is 0 Å². The lowest BCUT2D eigenvalue weighted by Crippen LogP contribution is -1.80. The molecule has 0 fully saturated rings. The summed E-state index contributed by atoms with van der Waals surface area (Å²) in [7, 11) is 2.82. The largest absolute Gasteiger partial charge is 0.110 e. The van der Waals surface area contributed by atoms with Gasteiger partial charge >= 0.3 is 0 Å². The third kappa shape index (κ3) is 3.01. The van der Waals surface area contributed by atoms with Crippen LogP contribution in [-0.4, -0.2) is 0 Å². The van der Waals surface area contributed by atoms with Crippen LogP contribution in [0.3, 0.4) is 0 Å². The van der Waals surface area contributed by atoms with E-state index in [1.54, 1.807) is 5.57 Å². The van der Waals surface area contributed by atoms with Crippen molar-refractivity contribution in [3.8, 4) is 0 Å². The van der Waals surface area contributed by atoms with Gasteiger partial charge in [0.2, 0.25) is 0 Å². The van der Waals surface area contributed by atoms with Gasteiger partial charge < -0.3 is 0 Å². The van der Waals surface area contributed by atoms with Crippen molar-refractivity contribution in [1.82, 2.24) is 0 Å². The van der Waals surface area contributed by atoms with Gasteiger partial charge in [0.15, 0.2) is 0 Å². The molecule has 0 aromatic carbocycles. The maximum Gasteiger partial charge on any atom is -0.0309 e. The second kappa shape index (κ2) is 4.99. The van der Waals surface area contributed by atoms with Gasteiger partial charge in [-0.15, -0.1) is 9.24 Å². The van der Waals surface area contributed by atoms with E-state index in [1.165, 1.54) is 24.6 Å². The van der Waals surface area contributed by atoms with Crippen LogP contribution in [0.15, 0.2) is 10.9 Å². The summed E-state index contributed by atoms with van der Waals surface area (Å²) in [6, 6.07) is 0. The van der Waals surface area contributed by atoms with E-state index in [-0.39, 0.29) is 0 Å². The van der Waals surface area contributed by atoms with Crippen LogP contribution in [-0.2, 0) is 0 Å². The van der Waals surface area contributed by atoms with Crippen molar-refractivity contribution in [3.05, 3.63) is 10.9 Å². The second-order valence-corrected chi connectivity index (χ2v) is 2.89. The van der Waals surface area contributed by atoms with E-state index in [4.69, 9.17) is 0 Å². The molecule has 0 amide bonds. The molecule has 0 rings (SSSR count). The lowest BCUT2D eigenvalue weighted by Gasteiger charge is -2.03. The maximum atomic E-state index is 2.82. The van der Waals surface area contributed by atoms with E-state index in [1.807, 2.05) is 0 Å². The van der Waals surface area contributed by atoms with Crippen LogP contribution < -0.4 is 0 Å². The highest BCUT2D eigenvalue weighted by molar-refractivity contribution is 7.22. The van der Waals surface area contributed by atoms with Crippen LogP contribution in [0, 0.1) is 0 Å². The summed E-state index contributed by atoms with van der Waals surface area (Å²) in [5.41, 5.74) is 1.60. The van der Waals surface area contributed by atoms with Crippen LogP contribution in [0.5, 0.6) is 0 Å². The first kappa shape index (κ1) is 9.17. The molecule has 0 saturated heterocycles. The Morgan fingerprint density at radius 3 is 1.56 bits per heavy atom. The zero-order chi connectivity index (χ0) is 7.28. The lowest BCUT2D eigenvalue weighted by atomic mass is 10.1. The predicted molar refractivity (Wildman–Crippen MR) is 47.6 cm³/mol. The molecule has 1 heteroatoms. The molecule has 0 aromatic heterocycles. The molecular weight excluding hydrogens is 127 g/mol. The molecule has 1 atom stereocenters. The summed E-state index contributed by atoms with van der Waals surface area (Å²) >= 11 is 0. The summed E-state index contributed by atoms with van der Waals surface area (Å²) < 4.78 is 0. The first-order valence-corrected chi connectivity index (χ1v) is 4.30. The van der Waals surface area contributed by atoms with Crippen molar-refractivity contribution in [2.45, 2.75) is 40.0 Å². The zero-order valence-electron chi connectivity index (χ0n) is 6.70. The van der Waals surface area contributed by atoms with E-state index in [2.05, 4.69) is 30.0 Å². The van der Waals surface area contributed by atoms with Crippen molar-refractivity contribution in [2.75, 3.05) is 0 Å². The molecule has 0 aliphatic carbocycles.